The number of carbonyl (C=O) groups is 1. The van der Waals surface area contributed by atoms with Crippen molar-refractivity contribution in [3.8, 4) is 0 Å². The van der Waals surface area contributed by atoms with Gasteiger partial charge in [-0.1, -0.05) is 13.8 Å². The summed E-state index contributed by atoms with van der Waals surface area (Å²) in [5, 5.41) is -0.778. The lowest BCUT2D eigenvalue weighted by Gasteiger charge is -2.39. The fourth-order valence-corrected chi connectivity index (χ4v) is 3.54. The Morgan fingerprint density at radius 2 is 1.27 bits per heavy atom. The topological polar surface area (TPSA) is 35.5 Å². The van der Waals surface area contributed by atoms with Crippen molar-refractivity contribution in [2.24, 2.45) is 5.92 Å². The number of thioether (sulfide) groups is 1. The standard InChI is InChI=1S/C16H19F13O3S/c1-4-9(10(30)32-31-3)7-8(2)33-6-5-11(17,18)12(19,20)13(21,22)14(23,24)15(25,26)16(27,28)29/h8-9H,4-7H2,1-3H3. The second-order valence-electron chi connectivity index (χ2n) is 6.84. The van der Waals surface area contributed by atoms with E-state index in [2.05, 4.69) is 9.78 Å². The first-order valence-corrected chi connectivity index (χ1v) is 9.91. The Kier molecular flexibility index (Phi) is 10.3. The molecule has 17 heteroatoms. The molecule has 0 aliphatic heterocycles. The van der Waals surface area contributed by atoms with Crippen LogP contribution in [0.5, 0.6) is 0 Å². The Morgan fingerprint density at radius 1 is 0.818 bits per heavy atom. The van der Waals surface area contributed by atoms with E-state index in [9.17, 15) is 61.9 Å². The van der Waals surface area contributed by atoms with Gasteiger partial charge in [-0.3, -0.25) is 4.89 Å². The van der Waals surface area contributed by atoms with Crippen molar-refractivity contribution >= 4 is 17.7 Å². The van der Waals surface area contributed by atoms with E-state index in [4.69, 9.17) is 0 Å². The molecular weight excluding hydrogens is 519 g/mol. The summed E-state index contributed by atoms with van der Waals surface area (Å²) in [5.74, 6) is -39.6. The Morgan fingerprint density at radius 3 is 1.67 bits per heavy atom. The Balaban J connectivity index is 5.46. The van der Waals surface area contributed by atoms with Crippen molar-refractivity contribution in [1.29, 1.82) is 0 Å². The molecule has 0 aromatic rings. The maximum Gasteiger partial charge on any atom is 0.460 e. The van der Waals surface area contributed by atoms with E-state index in [-0.39, 0.29) is 12.8 Å². The summed E-state index contributed by atoms with van der Waals surface area (Å²) in [6.07, 6.45) is -9.65. The maximum atomic E-state index is 13.7. The van der Waals surface area contributed by atoms with Crippen molar-refractivity contribution in [3.63, 3.8) is 0 Å². The van der Waals surface area contributed by atoms with Gasteiger partial charge in [0.2, 0.25) is 0 Å². The van der Waals surface area contributed by atoms with Crippen LogP contribution in [0.1, 0.15) is 33.1 Å². The molecule has 33 heavy (non-hydrogen) atoms. The van der Waals surface area contributed by atoms with E-state index in [0.717, 1.165) is 7.11 Å². The summed E-state index contributed by atoms with van der Waals surface area (Å²) >= 11 is 0.404. The van der Waals surface area contributed by atoms with Gasteiger partial charge in [0.1, 0.15) is 0 Å². The summed E-state index contributed by atoms with van der Waals surface area (Å²) in [7, 11) is 1.01. The van der Waals surface area contributed by atoms with Crippen molar-refractivity contribution < 1.29 is 71.6 Å². The van der Waals surface area contributed by atoms with Crippen molar-refractivity contribution in [2.75, 3.05) is 12.9 Å². The van der Waals surface area contributed by atoms with Gasteiger partial charge < -0.3 is 0 Å². The van der Waals surface area contributed by atoms with Crippen molar-refractivity contribution in [3.05, 3.63) is 0 Å². The summed E-state index contributed by atoms with van der Waals surface area (Å²) in [5.41, 5.74) is 0. The van der Waals surface area contributed by atoms with Gasteiger partial charge >= 0.3 is 41.8 Å². The van der Waals surface area contributed by atoms with E-state index in [1.807, 2.05) is 0 Å². The fourth-order valence-electron chi connectivity index (χ4n) is 2.40. The lowest BCUT2D eigenvalue weighted by molar-refractivity contribution is -0.439. The van der Waals surface area contributed by atoms with Crippen LogP contribution in [0.4, 0.5) is 57.1 Å². The third-order valence-electron chi connectivity index (χ3n) is 4.42. The van der Waals surface area contributed by atoms with Gasteiger partial charge in [0.15, 0.2) is 0 Å². The summed E-state index contributed by atoms with van der Waals surface area (Å²) in [6, 6.07) is 0. The van der Waals surface area contributed by atoms with Gasteiger partial charge in [-0.15, -0.1) is 0 Å². The average molecular weight is 538 g/mol. The number of carbonyl (C=O) groups excluding carboxylic acids is 1. The Labute approximate surface area is 183 Å². The molecule has 0 radical (unpaired) electrons. The molecule has 0 rings (SSSR count). The Bertz CT molecular complexity index is 652. The molecule has 3 nitrogen and oxygen atoms in total. The summed E-state index contributed by atoms with van der Waals surface area (Å²) < 4.78 is 170. The van der Waals surface area contributed by atoms with Crippen molar-refractivity contribution in [1.82, 2.24) is 0 Å². The molecular formula is C16H19F13O3S. The molecule has 0 amide bonds. The van der Waals surface area contributed by atoms with Crippen molar-refractivity contribution in [2.45, 2.75) is 74.1 Å². The van der Waals surface area contributed by atoms with Gasteiger partial charge in [0.25, 0.3) is 0 Å². The number of halogens is 13. The first kappa shape index (κ1) is 31.9. The predicted octanol–water partition coefficient (Wildman–Crippen LogP) is 6.76. The van der Waals surface area contributed by atoms with Crippen LogP contribution in [0.3, 0.4) is 0 Å². The van der Waals surface area contributed by atoms with E-state index >= 15 is 0 Å². The van der Waals surface area contributed by atoms with Crippen LogP contribution in [-0.4, -0.2) is 59.9 Å². The summed E-state index contributed by atoms with van der Waals surface area (Å²) in [6.45, 7) is 2.82. The average Bonchev–Trinajstić information content (AvgIpc) is 2.64. The maximum absolute atomic E-state index is 13.7. The molecule has 0 fully saturated rings. The SMILES string of the molecule is CCC(CC(C)SCCC(F)(F)C(F)(F)C(F)(F)C(F)(F)C(F)(F)C(F)(F)F)C(=O)OOC. The van der Waals surface area contributed by atoms with Crippen LogP contribution in [-0.2, 0) is 14.6 Å². The minimum atomic E-state index is -7.90. The smallest absolute Gasteiger partial charge is 0.298 e. The third kappa shape index (κ3) is 6.31. The van der Waals surface area contributed by atoms with Crippen LogP contribution >= 0.6 is 11.8 Å². The zero-order chi connectivity index (χ0) is 26.7. The van der Waals surface area contributed by atoms with Gasteiger partial charge in [-0.2, -0.15) is 73.7 Å². The number of rotatable bonds is 13. The minimum Gasteiger partial charge on any atom is -0.298 e. The van der Waals surface area contributed by atoms with Gasteiger partial charge in [0.05, 0.1) is 13.0 Å². The van der Waals surface area contributed by atoms with Crippen LogP contribution in [0, 0.1) is 5.92 Å². The summed E-state index contributed by atoms with van der Waals surface area (Å²) in [4.78, 5) is 20.0. The van der Waals surface area contributed by atoms with E-state index in [1.54, 1.807) is 0 Å². The first-order chi connectivity index (χ1) is 14.5. The lowest BCUT2D eigenvalue weighted by Crippen LogP contribution is -2.70. The van der Waals surface area contributed by atoms with Crippen LogP contribution in [0.25, 0.3) is 0 Å². The minimum absolute atomic E-state index is 0.0998. The Hall–Kier alpha value is -1.13. The normalized spacial score (nSPS) is 16.5. The quantitative estimate of drug-likeness (QED) is 0.148. The second kappa shape index (κ2) is 10.6. The molecule has 0 saturated carbocycles. The van der Waals surface area contributed by atoms with Gasteiger partial charge in [0, 0.05) is 11.7 Å². The molecule has 0 spiro atoms. The molecule has 0 aliphatic rings. The molecule has 0 heterocycles. The molecule has 0 aromatic heterocycles. The molecule has 0 N–H and O–H groups in total. The van der Waals surface area contributed by atoms with Crippen LogP contribution in [0.2, 0.25) is 0 Å². The zero-order valence-electron chi connectivity index (χ0n) is 17.0. The van der Waals surface area contributed by atoms with Gasteiger partial charge in [-0.05, 0) is 18.6 Å². The van der Waals surface area contributed by atoms with Gasteiger partial charge in [-0.25, -0.2) is 4.79 Å². The number of alkyl halides is 13. The van der Waals surface area contributed by atoms with Crippen LogP contribution in [0.15, 0.2) is 0 Å². The molecule has 0 saturated heterocycles. The highest BCUT2D eigenvalue weighted by Gasteiger charge is 2.90. The van der Waals surface area contributed by atoms with E-state index < -0.39 is 65.1 Å². The zero-order valence-corrected chi connectivity index (χ0v) is 17.8. The first-order valence-electron chi connectivity index (χ1n) is 8.87. The van der Waals surface area contributed by atoms with Crippen LogP contribution < -0.4 is 0 Å². The monoisotopic (exact) mass is 538 g/mol. The molecule has 0 aromatic carbocycles. The molecule has 198 valence electrons. The highest BCUT2D eigenvalue weighted by atomic mass is 32.2. The predicted molar refractivity (Wildman–Crippen MR) is 88.8 cm³/mol. The van der Waals surface area contributed by atoms with E-state index in [1.165, 1.54) is 13.8 Å². The fraction of sp³-hybridized carbons (Fsp3) is 0.938. The number of hydrogen-bond donors (Lipinski definition) is 0. The second-order valence-corrected chi connectivity index (χ2v) is 8.39. The molecule has 2 unspecified atom stereocenters. The lowest BCUT2D eigenvalue weighted by atomic mass is 9.93. The molecule has 0 aliphatic carbocycles. The highest BCUT2D eigenvalue weighted by Crippen LogP contribution is 2.60. The molecule has 2 atom stereocenters. The number of hydrogen-bond acceptors (Lipinski definition) is 4. The van der Waals surface area contributed by atoms with E-state index in [0.29, 0.717) is 11.8 Å². The highest BCUT2D eigenvalue weighted by molar-refractivity contribution is 7.99. The largest absolute Gasteiger partial charge is 0.460 e. The molecule has 0 bridgehead atoms. The third-order valence-corrected chi connectivity index (χ3v) is 5.63.